The summed E-state index contributed by atoms with van der Waals surface area (Å²) in [5.41, 5.74) is 0. The number of aliphatic hydroxyl groups excluding tert-OH is 2. The van der Waals surface area contributed by atoms with Crippen LogP contribution in [0.15, 0.2) is 0 Å². The predicted octanol–water partition coefficient (Wildman–Crippen LogP) is 0.537. The van der Waals surface area contributed by atoms with Crippen molar-refractivity contribution in [1.82, 2.24) is 0 Å². The standard InChI is InChI=1S/C7H17O6P/c1-3-11-14(10,12-4-2)13-6-7(9)5-8/h7-9H,3-6H2,1-2H3/t7-/m1/s1. The second-order valence-electron chi connectivity index (χ2n) is 2.41. The monoisotopic (exact) mass is 228 g/mol. The average molecular weight is 228 g/mol. The second-order valence-corrected chi connectivity index (χ2v) is 4.08. The quantitative estimate of drug-likeness (QED) is 0.590. The molecule has 0 rings (SSSR count). The molecule has 0 aliphatic heterocycles. The summed E-state index contributed by atoms with van der Waals surface area (Å²) in [7, 11) is -3.56. The summed E-state index contributed by atoms with van der Waals surface area (Å²) in [5, 5.41) is 17.4. The van der Waals surface area contributed by atoms with Crippen molar-refractivity contribution in [2.45, 2.75) is 20.0 Å². The average Bonchev–Trinajstić information content (AvgIpc) is 2.15. The lowest BCUT2D eigenvalue weighted by molar-refractivity contribution is 0.0309. The van der Waals surface area contributed by atoms with Crippen LogP contribution in [-0.2, 0) is 18.1 Å². The summed E-state index contributed by atoms with van der Waals surface area (Å²) in [4.78, 5) is 0. The van der Waals surface area contributed by atoms with Gasteiger partial charge in [-0.2, -0.15) is 0 Å². The lowest BCUT2D eigenvalue weighted by Gasteiger charge is -2.17. The van der Waals surface area contributed by atoms with E-state index in [1.807, 2.05) is 0 Å². The van der Waals surface area contributed by atoms with Gasteiger partial charge in [-0.15, -0.1) is 0 Å². The summed E-state index contributed by atoms with van der Waals surface area (Å²) in [5.74, 6) is 0. The van der Waals surface area contributed by atoms with Crippen LogP contribution in [0.25, 0.3) is 0 Å². The van der Waals surface area contributed by atoms with Gasteiger partial charge in [0.25, 0.3) is 0 Å². The normalized spacial score (nSPS) is 14.3. The maximum atomic E-state index is 11.6. The molecule has 0 aromatic carbocycles. The molecule has 0 aromatic rings. The summed E-state index contributed by atoms with van der Waals surface area (Å²) in [6.07, 6.45) is -1.08. The largest absolute Gasteiger partial charge is 0.474 e. The Bertz CT molecular complexity index is 175. The topological polar surface area (TPSA) is 85.2 Å². The number of rotatable bonds is 8. The summed E-state index contributed by atoms with van der Waals surface area (Å²) in [6, 6.07) is 0. The first-order chi connectivity index (χ1) is 6.58. The van der Waals surface area contributed by atoms with Gasteiger partial charge in [-0.3, -0.25) is 13.6 Å². The Morgan fingerprint density at radius 3 is 2.07 bits per heavy atom. The molecule has 0 heterocycles. The Morgan fingerprint density at radius 2 is 1.71 bits per heavy atom. The minimum atomic E-state index is -3.56. The molecular weight excluding hydrogens is 211 g/mol. The molecule has 0 spiro atoms. The van der Waals surface area contributed by atoms with Crippen molar-refractivity contribution in [3.8, 4) is 0 Å². The minimum absolute atomic E-state index is 0.187. The molecule has 2 N–H and O–H groups in total. The van der Waals surface area contributed by atoms with Crippen LogP contribution < -0.4 is 0 Å². The van der Waals surface area contributed by atoms with E-state index in [4.69, 9.17) is 23.8 Å². The van der Waals surface area contributed by atoms with Crippen LogP contribution in [0.4, 0.5) is 0 Å². The van der Waals surface area contributed by atoms with E-state index in [0.717, 1.165) is 0 Å². The van der Waals surface area contributed by atoms with Gasteiger partial charge in [0.05, 0.1) is 26.4 Å². The van der Waals surface area contributed by atoms with E-state index in [-0.39, 0.29) is 19.8 Å². The molecule has 14 heavy (non-hydrogen) atoms. The molecule has 0 saturated carbocycles. The lowest BCUT2D eigenvalue weighted by Crippen LogP contribution is -2.19. The number of aliphatic hydroxyl groups is 2. The zero-order valence-corrected chi connectivity index (χ0v) is 9.27. The van der Waals surface area contributed by atoms with Gasteiger partial charge in [0.2, 0.25) is 0 Å². The smallest absolute Gasteiger partial charge is 0.394 e. The van der Waals surface area contributed by atoms with Crippen LogP contribution in [0.2, 0.25) is 0 Å². The van der Waals surface area contributed by atoms with Crippen LogP contribution >= 0.6 is 7.82 Å². The molecule has 0 bridgehead atoms. The van der Waals surface area contributed by atoms with Crippen LogP contribution in [0.1, 0.15) is 13.8 Å². The highest BCUT2D eigenvalue weighted by Crippen LogP contribution is 2.49. The molecule has 0 amide bonds. The van der Waals surface area contributed by atoms with Crippen molar-refractivity contribution in [3.63, 3.8) is 0 Å². The Kier molecular flexibility index (Phi) is 7.35. The zero-order chi connectivity index (χ0) is 11.0. The van der Waals surface area contributed by atoms with E-state index in [0.29, 0.717) is 0 Å². The molecule has 0 fully saturated rings. The maximum Gasteiger partial charge on any atom is 0.474 e. The fraction of sp³-hybridized carbons (Fsp3) is 1.00. The Morgan fingerprint density at radius 1 is 1.21 bits per heavy atom. The van der Waals surface area contributed by atoms with E-state index >= 15 is 0 Å². The van der Waals surface area contributed by atoms with Gasteiger partial charge >= 0.3 is 7.82 Å². The number of phosphoric acid groups is 1. The first-order valence-electron chi connectivity index (χ1n) is 4.40. The molecule has 0 aliphatic rings. The number of hydrogen-bond acceptors (Lipinski definition) is 6. The van der Waals surface area contributed by atoms with Crippen LogP contribution in [0.3, 0.4) is 0 Å². The first-order valence-corrected chi connectivity index (χ1v) is 5.86. The molecule has 86 valence electrons. The van der Waals surface area contributed by atoms with Crippen molar-refractivity contribution >= 4 is 7.82 Å². The third kappa shape index (κ3) is 5.70. The first kappa shape index (κ1) is 14.0. The van der Waals surface area contributed by atoms with Crippen molar-refractivity contribution < 1.29 is 28.3 Å². The van der Waals surface area contributed by atoms with Gasteiger partial charge < -0.3 is 10.2 Å². The van der Waals surface area contributed by atoms with Crippen molar-refractivity contribution in [2.24, 2.45) is 0 Å². The fourth-order valence-corrected chi connectivity index (χ4v) is 1.87. The number of hydrogen-bond donors (Lipinski definition) is 2. The maximum absolute atomic E-state index is 11.6. The Balaban J connectivity index is 4.02. The van der Waals surface area contributed by atoms with E-state index in [9.17, 15) is 4.57 Å². The van der Waals surface area contributed by atoms with Crippen LogP contribution in [0, 0.1) is 0 Å². The molecule has 7 heteroatoms. The molecule has 0 radical (unpaired) electrons. The molecule has 1 atom stereocenters. The zero-order valence-electron chi connectivity index (χ0n) is 8.38. The van der Waals surface area contributed by atoms with Crippen molar-refractivity contribution in [3.05, 3.63) is 0 Å². The highest BCUT2D eigenvalue weighted by atomic mass is 31.2. The van der Waals surface area contributed by atoms with Gasteiger partial charge in [0.15, 0.2) is 0 Å². The van der Waals surface area contributed by atoms with Crippen LogP contribution in [-0.4, -0.2) is 42.7 Å². The highest BCUT2D eigenvalue weighted by molar-refractivity contribution is 7.48. The Hall–Kier alpha value is 0.0300. The van der Waals surface area contributed by atoms with Gasteiger partial charge in [-0.25, -0.2) is 4.57 Å². The van der Waals surface area contributed by atoms with Gasteiger partial charge in [0, 0.05) is 0 Å². The van der Waals surface area contributed by atoms with Crippen molar-refractivity contribution in [1.29, 1.82) is 0 Å². The molecule has 0 aliphatic carbocycles. The van der Waals surface area contributed by atoms with Crippen LogP contribution in [0.5, 0.6) is 0 Å². The van der Waals surface area contributed by atoms with E-state index in [1.165, 1.54) is 0 Å². The minimum Gasteiger partial charge on any atom is -0.394 e. The number of phosphoric ester groups is 1. The highest BCUT2D eigenvalue weighted by Gasteiger charge is 2.26. The Labute approximate surface area is 83.4 Å². The SMILES string of the molecule is CCOP(=O)(OCC)OC[C@H](O)CO. The second kappa shape index (κ2) is 7.34. The van der Waals surface area contributed by atoms with Gasteiger partial charge in [-0.05, 0) is 13.8 Å². The summed E-state index contributed by atoms with van der Waals surface area (Å²) in [6.45, 7) is 2.93. The third-order valence-corrected chi connectivity index (χ3v) is 2.82. The van der Waals surface area contributed by atoms with E-state index in [1.54, 1.807) is 13.8 Å². The lowest BCUT2D eigenvalue weighted by atomic mass is 10.4. The molecular formula is C7H17O6P. The molecule has 0 aromatic heterocycles. The van der Waals surface area contributed by atoms with Gasteiger partial charge in [0.1, 0.15) is 6.10 Å². The third-order valence-electron chi connectivity index (χ3n) is 1.21. The van der Waals surface area contributed by atoms with E-state index < -0.39 is 20.5 Å². The molecule has 0 unspecified atom stereocenters. The van der Waals surface area contributed by atoms with E-state index in [2.05, 4.69) is 0 Å². The molecule has 0 saturated heterocycles. The van der Waals surface area contributed by atoms with Crippen molar-refractivity contribution in [2.75, 3.05) is 26.4 Å². The van der Waals surface area contributed by atoms with Gasteiger partial charge in [-0.1, -0.05) is 0 Å². The predicted molar refractivity (Wildman–Crippen MR) is 49.9 cm³/mol. The summed E-state index contributed by atoms with van der Waals surface area (Å²) >= 11 is 0. The fourth-order valence-electron chi connectivity index (χ4n) is 0.658. The summed E-state index contributed by atoms with van der Waals surface area (Å²) < 4.78 is 25.9. The molecule has 6 nitrogen and oxygen atoms in total.